The van der Waals surface area contributed by atoms with Crippen LogP contribution in [0.4, 0.5) is 9.59 Å². The van der Waals surface area contributed by atoms with Gasteiger partial charge in [0, 0.05) is 39.3 Å². The fourth-order valence-electron chi connectivity index (χ4n) is 2.82. The zero-order valence-corrected chi connectivity index (χ0v) is 23.0. The first-order chi connectivity index (χ1) is 14.2. The van der Waals surface area contributed by atoms with Gasteiger partial charge in [-0.05, 0) is 49.4 Å². The molecule has 0 saturated heterocycles. The SMILES string of the molecule is CC(C)CCN(CCC(C)C)C(=O)O[Si](C)(C)OC(=O)N(CCC(C)C)CCC(C)C. The minimum Gasteiger partial charge on any atom is -0.468 e. The highest BCUT2D eigenvalue weighted by molar-refractivity contribution is 6.67. The van der Waals surface area contributed by atoms with Gasteiger partial charge in [-0.25, -0.2) is 9.59 Å². The Labute approximate surface area is 193 Å². The van der Waals surface area contributed by atoms with E-state index in [-0.39, 0.29) is 12.2 Å². The summed E-state index contributed by atoms with van der Waals surface area (Å²) in [7, 11) is -2.96. The highest BCUT2D eigenvalue weighted by atomic mass is 28.4. The first-order valence-corrected chi connectivity index (χ1v) is 15.0. The summed E-state index contributed by atoms with van der Waals surface area (Å²) in [5.41, 5.74) is 0. The fraction of sp³-hybridized carbons (Fsp3) is 0.917. The topological polar surface area (TPSA) is 59.1 Å². The quantitative estimate of drug-likeness (QED) is 0.270. The van der Waals surface area contributed by atoms with E-state index in [4.69, 9.17) is 8.85 Å². The van der Waals surface area contributed by atoms with Gasteiger partial charge in [0.1, 0.15) is 0 Å². The Kier molecular flexibility index (Phi) is 14.2. The molecule has 0 aliphatic rings. The lowest BCUT2D eigenvalue weighted by atomic mass is 10.1. The highest BCUT2D eigenvalue weighted by Gasteiger charge is 2.37. The normalized spacial score (nSPS) is 12.1. The van der Waals surface area contributed by atoms with Crippen LogP contribution in [-0.2, 0) is 8.85 Å². The molecule has 6 nitrogen and oxygen atoms in total. The van der Waals surface area contributed by atoms with Crippen LogP contribution in [0, 0.1) is 23.7 Å². The molecule has 2 amide bonds. The van der Waals surface area contributed by atoms with Crippen molar-refractivity contribution < 1.29 is 18.4 Å². The van der Waals surface area contributed by atoms with Gasteiger partial charge >= 0.3 is 20.7 Å². The van der Waals surface area contributed by atoms with Gasteiger partial charge in [0.05, 0.1) is 0 Å². The number of rotatable bonds is 14. The van der Waals surface area contributed by atoms with Crippen molar-refractivity contribution in [1.29, 1.82) is 0 Å². The number of carbonyl (C=O) groups is 2. The maximum atomic E-state index is 12.9. The summed E-state index contributed by atoms with van der Waals surface area (Å²) >= 11 is 0. The Morgan fingerprint density at radius 2 is 0.806 bits per heavy atom. The second kappa shape index (κ2) is 14.7. The van der Waals surface area contributed by atoms with Crippen LogP contribution >= 0.6 is 0 Å². The zero-order chi connectivity index (χ0) is 24.2. The lowest BCUT2D eigenvalue weighted by Gasteiger charge is -2.31. The molecule has 0 N–H and O–H groups in total. The average molecular weight is 459 g/mol. The minimum absolute atomic E-state index is 0.360. The van der Waals surface area contributed by atoms with Gasteiger partial charge < -0.3 is 18.7 Å². The van der Waals surface area contributed by atoms with Crippen molar-refractivity contribution in [1.82, 2.24) is 9.80 Å². The van der Waals surface area contributed by atoms with Gasteiger partial charge in [0.25, 0.3) is 0 Å². The molecular formula is C24H50N2O4Si. The van der Waals surface area contributed by atoms with E-state index in [0.29, 0.717) is 49.9 Å². The summed E-state index contributed by atoms with van der Waals surface area (Å²) < 4.78 is 11.6. The molecule has 0 aromatic heterocycles. The molecule has 0 unspecified atom stereocenters. The van der Waals surface area contributed by atoms with E-state index in [2.05, 4.69) is 55.4 Å². The molecule has 0 aliphatic carbocycles. The molecule has 184 valence electrons. The third-order valence-electron chi connectivity index (χ3n) is 5.09. The first kappa shape index (κ1) is 29.8. The van der Waals surface area contributed by atoms with Crippen LogP contribution in [-0.4, -0.2) is 56.7 Å². The lowest BCUT2D eigenvalue weighted by molar-refractivity contribution is 0.114. The molecular weight excluding hydrogens is 408 g/mol. The lowest BCUT2D eigenvalue weighted by Crippen LogP contribution is -2.48. The number of amides is 2. The predicted octanol–water partition coefficient (Wildman–Crippen LogP) is 6.75. The monoisotopic (exact) mass is 458 g/mol. The summed E-state index contributed by atoms with van der Waals surface area (Å²) in [6.07, 6.45) is 2.98. The molecule has 0 aromatic carbocycles. The molecule has 0 spiro atoms. The van der Waals surface area contributed by atoms with Crippen LogP contribution in [0.2, 0.25) is 13.1 Å². The largest absolute Gasteiger partial charge is 0.468 e. The van der Waals surface area contributed by atoms with Gasteiger partial charge in [-0.1, -0.05) is 55.4 Å². The van der Waals surface area contributed by atoms with E-state index in [1.807, 2.05) is 0 Å². The summed E-state index contributed by atoms with van der Waals surface area (Å²) in [4.78, 5) is 29.3. The van der Waals surface area contributed by atoms with Crippen LogP contribution in [0.25, 0.3) is 0 Å². The molecule has 0 fully saturated rings. The van der Waals surface area contributed by atoms with Gasteiger partial charge in [-0.2, -0.15) is 0 Å². The van der Waals surface area contributed by atoms with Crippen LogP contribution in [0.5, 0.6) is 0 Å². The summed E-state index contributed by atoms with van der Waals surface area (Å²) in [6.45, 7) is 23.4. The molecule has 0 aliphatic heterocycles. The van der Waals surface area contributed by atoms with Crippen molar-refractivity contribution in [3.05, 3.63) is 0 Å². The van der Waals surface area contributed by atoms with Gasteiger partial charge in [-0.3, -0.25) is 0 Å². The van der Waals surface area contributed by atoms with Crippen molar-refractivity contribution >= 4 is 20.7 Å². The maximum absolute atomic E-state index is 12.9. The molecule has 0 saturated carbocycles. The Balaban J connectivity index is 5.07. The fourth-order valence-corrected chi connectivity index (χ4v) is 3.96. The van der Waals surface area contributed by atoms with Gasteiger partial charge in [0.2, 0.25) is 0 Å². The molecule has 7 heteroatoms. The van der Waals surface area contributed by atoms with Crippen molar-refractivity contribution in [2.45, 2.75) is 94.2 Å². The smallest absolute Gasteiger partial charge is 0.460 e. The number of carbonyl (C=O) groups excluding carboxylic acids is 2. The van der Waals surface area contributed by atoms with E-state index < -0.39 is 8.56 Å². The minimum atomic E-state index is -2.96. The Morgan fingerprint density at radius 3 is 1.00 bits per heavy atom. The second-order valence-electron chi connectivity index (χ2n) is 10.8. The summed E-state index contributed by atoms with van der Waals surface area (Å²) in [5, 5.41) is 0. The Morgan fingerprint density at radius 1 is 0.581 bits per heavy atom. The molecule has 0 bridgehead atoms. The summed E-state index contributed by atoms with van der Waals surface area (Å²) in [5.74, 6) is 2.03. The number of hydrogen-bond acceptors (Lipinski definition) is 4. The summed E-state index contributed by atoms with van der Waals surface area (Å²) in [6, 6.07) is 0. The Bertz CT molecular complexity index is 454. The Hall–Kier alpha value is -1.24. The van der Waals surface area contributed by atoms with E-state index in [1.54, 1.807) is 22.9 Å². The molecule has 31 heavy (non-hydrogen) atoms. The van der Waals surface area contributed by atoms with E-state index >= 15 is 0 Å². The molecule has 0 radical (unpaired) electrons. The first-order valence-electron chi connectivity index (χ1n) is 12.2. The van der Waals surface area contributed by atoms with Crippen LogP contribution in [0.1, 0.15) is 81.1 Å². The standard InChI is InChI=1S/C24H50N2O4Si/c1-19(2)11-15-25(16-12-20(3)4)23(27)29-31(9,10)30-24(28)26(17-13-21(5)6)18-14-22(7)8/h19-22H,11-18H2,1-10H3. The van der Waals surface area contributed by atoms with E-state index in [0.717, 1.165) is 25.7 Å². The third-order valence-corrected chi connectivity index (χ3v) is 6.42. The van der Waals surface area contributed by atoms with Crippen LogP contribution in [0.15, 0.2) is 0 Å². The predicted molar refractivity (Wildman–Crippen MR) is 131 cm³/mol. The molecule has 0 aromatic rings. The third kappa shape index (κ3) is 15.2. The van der Waals surface area contributed by atoms with Gasteiger partial charge in [0.15, 0.2) is 0 Å². The molecule has 0 atom stereocenters. The van der Waals surface area contributed by atoms with Gasteiger partial charge in [-0.15, -0.1) is 0 Å². The van der Waals surface area contributed by atoms with Crippen LogP contribution in [0.3, 0.4) is 0 Å². The highest BCUT2D eigenvalue weighted by Crippen LogP contribution is 2.16. The molecule has 0 heterocycles. The zero-order valence-electron chi connectivity index (χ0n) is 22.0. The second-order valence-corrected chi connectivity index (χ2v) is 14.0. The van der Waals surface area contributed by atoms with Crippen LogP contribution < -0.4 is 0 Å². The van der Waals surface area contributed by atoms with Crippen molar-refractivity contribution in [2.75, 3.05) is 26.2 Å². The number of hydrogen-bond donors (Lipinski definition) is 0. The molecule has 0 rings (SSSR count). The van der Waals surface area contributed by atoms with Crippen molar-refractivity contribution in [3.8, 4) is 0 Å². The number of nitrogens with zero attached hydrogens (tertiary/aromatic N) is 2. The van der Waals surface area contributed by atoms with E-state index in [1.165, 1.54) is 0 Å². The average Bonchev–Trinajstić information content (AvgIpc) is 2.59. The van der Waals surface area contributed by atoms with Crippen molar-refractivity contribution in [3.63, 3.8) is 0 Å². The maximum Gasteiger partial charge on any atom is 0.460 e. The van der Waals surface area contributed by atoms with E-state index in [9.17, 15) is 9.59 Å². The van der Waals surface area contributed by atoms with Crippen molar-refractivity contribution in [2.24, 2.45) is 23.7 Å².